The maximum absolute atomic E-state index is 12.1. The first-order valence-electron chi connectivity index (χ1n) is 8.33. The van der Waals surface area contributed by atoms with Gasteiger partial charge in [-0.15, -0.1) is 11.8 Å². The van der Waals surface area contributed by atoms with Crippen LogP contribution in [0.25, 0.3) is 10.9 Å². The Morgan fingerprint density at radius 3 is 2.82 bits per heavy atom. The van der Waals surface area contributed by atoms with E-state index in [-0.39, 0.29) is 5.56 Å². The van der Waals surface area contributed by atoms with Crippen LogP contribution in [0.15, 0.2) is 27.9 Å². The molecule has 4 rings (SSSR count). The minimum atomic E-state index is 0.0135. The number of thioether (sulfide) groups is 1. The van der Waals surface area contributed by atoms with Gasteiger partial charge in [-0.1, -0.05) is 26.2 Å². The second kappa shape index (κ2) is 5.65. The van der Waals surface area contributed by atoms with Crippen molar-refractivity contribution in [1.29, 1.82) is 0 Å². The minimum absolute atomic E-state index is 0.0135. The van der Waals surface area contributed by atoms with E-state index in [9.17, 15) is 4.79 Å². The lowest BCUT2D eigenvalue weighted by atomic mass is 9.99. The molecule has 0 saturated heterocycles. The van der Waals surface area contributed by atoms with Gasteiger partial charge in [-0.25, -0.2) is 0 Å². The summed E-state index contributed by atoms with van der Waals surface area (Å²) in [5.74, 6) is 0.398. The molecule has 2 N–H and O–H groups in total. The van der Waals surface area contributed by atoms with Gasteiger partial charge in [0.1, 0.15) is 5.69 Å². The van der Waals surface area contributed by atoms with Crippen LogP contribution < -0.4 is 10.9 Å². The third-order valence-electron chi connectivity index (χ3n) is 4.96. The monoisotopic (exact) mass is 314 g/mol. The summed E-state index contributed by atoms with van der Waals surface area (Å²) in [7, 11) is 0. The zero-order valence-corrected chi connectivity index (χ0v) is 13.8. The lowest BCUT2D eigenvalue weighted by Gasteiger charge is -2.21. The number of aromatic amines is 1. The Bertz CT molecular complexity index is 762. The molecule has 1 aromatic carbocycles. The molecule has 2 aromatic rings. The van der Waals surface area contributed by atoms with Crippen LogP contribution in [0.4, 0.5) is 5.69 Å². The summed E-state index contributed by atoms with van der Waals surface area (Å²) in [5, 5.41) is 5.24. The van der Waals surface area contributed by atoms with Crippen molar-refractivity contribution in [1.82, 2.24) is 4.98 Å². The van der Waals surface area contributed by atoms with E-state index < -0.39 is 0 Å². The minimum Gasteiger partial charge on any atom is -0.380 e. The maximum atomic E-state index is 12.1. The Morgan fingerprint density at radius 1 is 1.18 bits per heavy atom. The molecule has 0 amide bonds. The van der Waals surface area contributed by atoms with Crippen LogP contribution >= 0.6 is 11.8 Å². The van der Waals surface area contributed by atoms with Crippen molar-refractivity contribution in [2.45, 2.75) is 55.1 Å². The van der Waals surface area contributed by atoms with E-state index in [1.54, 1.807) is 0 Å². The van der Waals surface area contributed by atoms with Crippen LogP contribution in [-0.2, 0) is 0 Å². The van der Waals surface area contributed by atoms with E-state index in [2.05, 4.69) is 35.4 Å². The molecule has 1 atom stereocenters. The van der Waals surface area contributed by atoms with Gasteiger partial charge in [0.25, 0.3) is 5.56 Å². The number of hydrogen-bond acceptors (Lipinski definition) is 3. The van der Waals surface area contributed by atoms with Gasteiger partial charge in [-0.05, 0) is 36.6 Å². The molecule has 2 aliphatic rings. The summed E-state index contributed by atoms with van der Waals surface area (Å²) in [4.78, 5) is 16.5. The van der Waals surface area contributed by atoms with E-state index in [1.807, 2.05) is 11.8 Å². The van der Waals surface area contributed by atoms with E-state index in [0.29, 0.717) is 5.92 Å². The first-order chi connectivity index (χ1) is 10.7. The number of nitrogens with one attached hydrogen (secondary N) is 2. The second-order valence-electron chi connectivity index (χ2n) is 6.61. The molecule has 0 spiro atoms. The number of H-pyrrole nitrogens is 1. The summed E-state index contributed by atoms with van der Waals surface area (Å²) in [6.45, 7) is 3.05. The molecule has 4 heteroatoms. The van der Waals surface area contributed by atoms with Crippen LogP contribution in [-0.4, -0.2) is 16.8 Å². The van der Waals surface area contributed by atoms with Gasteiger partial charge in [0, 0.05) is 33.5 Å². The quantitative estimate of drug-likeness (QED) is 0.859. The Morgan fingerprint density at radius 2 is 2.00 bits per heavy atom. The molecule has 3 nitrogen and oxygen atoms in total. The normalized spacial score (nSPS) is 21.8. The highest BCUT2D eigenvalue weighted by Crippen LogP contribution is 2.38. The third-order valence-corrected chi connectivity index (χ3v) is 6.29. The van der Waals surface area contributed by atoms with Crippen molar-refractivity contribution < 1.29 is 0 Å². The highest BCUT2D eigenvalue weighted by atomic mass is 32.2. The molecule has 0 bridgehead atoms. The Labute approximate surface area is 134 Å². The van der Waals surface area contributed by atoms with Crippen molar-refractivity contribution in [3.05, 3.63) is 34.1 Å². The van der Waals surface area contributed by atoms with Gasteiger partial charge in [-0.3, -0.25) is 4.79 Å². The van der Waals surface area contributed by atoms with Gasteiger partial charge in [0.05, 0.1) is 0 Å². The number of benzene rings is 1. The number of pyridine rings is 1. The van der Waals surface area contributed by atoms with Gasteiger partial charge in [-0.2, -0.15) is 0 Å². The van der Waals surface area contributed by atoms with Crippen molar-refractivity contribution in [2.75, 3.05) is 11.9 Å². The van der Waals surface area contributed by atoms with Gasteiger partial charge >= 0.3 is 0 Å². The molecule has 0 radical (unpaired) electrons. The topological polar surface area (TPSA) is 44.9 Å². The van der Waals surface area contributed by atoms with Crippen LogP contribution in [0.1, 0.15) is 50.5 Å². The van der Waals surface area contributed by atoms with Gasteiger partial charge in [0.2, 0.25) is 0 Å². The van der Waals surface area contributed by atoms with Gasteiger partial charge < -0.3 is 10.3 Å². The summed E-state index contributed by atoms with van der Waals surface area (Å²) in [5.41, 5.74) is 2.96. The predicted molar refractivity (Wildman–Crippen MR) is 94.2 cm³/mol. The van der Waals surface area contributed by atoms with Gasteiger partial charge in [0.15, 0.2) is 0 Å². The molecule has 1 fully saturated rings. The number of rotatable bonds is 2. The molecule has 116 valence electrons. The first-order valence-corrected chi connectivity index (χ1v) is 9.21. The fraction of sp³-hybridized carbons (Fsp3) is 0.500. The maximum Gasteiger partial charge on any atom is 0.272 e. The predicted octanol–water partition coefficient (Wildman–Crippen LogP) is 4.48. The Hall–Kier alpha value is -1.42. The van der Waals surface area contributed by atoms with Crippen molar-refractivity contribution >= 4 is 28.4 Å². The number of fused-ring (bicyclic) bond motifs is 3. The lowest BCUT2D eigenvalue weighted by Crippen LogP contribution is -2.11. The van der Waals surface area contributed by atoms with E-state index in [0.717, 1.165) is 23.0 Å². The highest BCUT2D eigenvalue weighted by molar-refractivity contribution is 8.00. The summed E-state index contributed by atoms with van der Waals surface area (Å²) < 4.78 is 0. The van der Waals surface area contributed by atoms with Crippen LogP contribution in [0.5, 0.6) is 0 Å². The Balaban J connectivity index is 1.75. The largest absolute Gasteiger partial charge is 0.380 e. The van der Waals surface area contributed by atoms with E-state index in [1.165, 1.54) is 47.9 Å². The number of hydrogen-bond donors (Lipinski definition) is 2. The lowest BCUT2D eigenvalue weighted by molar-refractivity contribution is 0.516. The average molecular weight is 314 g/mol. The van der Waals surface area contributed by atoms with E-state index in [4.69, 9.17) is 0 Å². The second-order valence-corrected chi connectivity index (χ2v) is 7.98. The summed E-state index contributed by atoms with van der Waals surface area (Å²) in [6.07, 6.45) is 6.81. The third kappa shape index (κ3) is 2.43. The van der Waals surface area contributed by atoms with E-state index >= 15 is 0 Å². The summed E-state index contributed by atoms with van der Waals surface area (Å²) >= 11 is 2.02. The molecule has 22 heavy (non-hydrogen) atoms. The molecule has 1 aromatic heterocycles. The molecule has 1 unspecified atom stereocenters. The number of aromatic nitrogens is 1. The van der Waals surface area contributed by atoms with Crippen LogP contribution in [0, 0.1) is 0 Å². The summed E-state index contributed by atoms with van der Waals surface area (Å²) in [6, 6.07) is 6.52. The molecule has 2 heterocycles. The number of anilines is 1. The molecule has 1 aliphatic heterocycles. The van der Waals surface area contributed by atoms with Crippen molar-refractivity contribution in [3.8, 4) is 0 Å². The standard InChI is InChI=1S/C18H22N2OS/c1-11-10-19-17-16(11)14-9-13(7-8-15(14)20-18(17)21)22-12-5-3-2-4-6-12/h7-9,11-12,19H,2-6,10H2,1H3,(H,20,21). The van der Waals surface area contributed by atoms with Crippen LogP contribution in [0.3, 0.4) is 0 Å². The average Bonchev–Trinajstić information content (AvgIpc) is 2.92. The first kappa shape index (κ1) is 14.2. The van der Waals surface area contributed by atoms with Crippen LogP contribution in [0.2, 0.25) is 0 Å². The fourth-order valence-corrected chi connectivity index (χ4v) is 5.08. The van der Waals surface area contributed by atoms with Crippen molar-refractivity contribution in [3.63, 3.8) is 0 Å². The zero-order valence-electron chi connectivity index (χ0n) is 12.9. The molecule has 1 saturated carbocycles. The fourth-order valence-electron chi connectivity index (χ4n) is 3.79. The smallest absolute Gasteiger partial charge is 0.272 e. The SMILES string of the molecule is CC1CNc2c1c1cc(SC3CCCCC3)ccc1[nH]c2=O. The molecular weight excluding hydrogens is 292 g/mol. The molecular formula is C18H22N2OS. The Kier molecular flexibility index (Phi) is 3.65. The van der Waals surface area contributed by atoms with Crippen molar-refractivity contribution in [2.24, 2.45) is 0 Å². The highest BCUT2D eigenvalue weighted by Gasteiger charge is 2.24. The molecule has 1 aliphatic carbocycles. The zero-order chi connectivity index (χ0) is 15.1.